The molecule has 0 aliphatic heterocycles. The molecule has 0 bridgehead atoms. The van der Waals surface area contributed by atoms with Crippen LogP contribution in [0.15, 0.2) is 91.1 Å². The first kappa shape index (κ1) is 24.7. The maximum atomic E-state index is 10.7. The van der Waals surface area contributed by atoms with Crippen LogP contribution >= 0.6 is 0 Å². The molecule has 6 nitrogen and oxygen atoms in total. The minimum absolute atomic E-state index is 0.172. The summed E-state index contributed by atoms with van der Waals surface area (Å²) in [5.41, 5.74) is 0.953. The van der Waals surface area contributed by atoms with E-state index in [2.05, 4.69) is 10.3 Å². The van der Waals surface area contributed by atoms with Crippen LogP contribution in [-0.2, 0) is 6.42 Å². The van der Waals surface area contributed by atoms with Crippen molar-refractivity contribution in [1.29, 1.82) is 0 Å². The zero-order valence-electron chi connectivity index (χ0n) is 20.1. The van der Waals surface area contributed by atoms with Crippen LogP contribution in [-0.4, -0.2) is 46.1 Å². The van der Waals surface area contributed by atoms with Crippen molar-refractivity contribution in [3.05, 3.63) is 96.7 Å². The minimum atomic E-state index is -0.981. The molecule has 2 atom stereocenters. The average molecular weight is 473 g/mol. The summed E-state index contributed by atoms with van der Waals surface area (Å²) in [4.78, 5) is 4.37. The van der Waals surface area contributed by atoms with Gasteiger partial charge >= 0.3 is 0 Å². The van der Waals surface area contributed by atoms with Crippen LogP contribution < -0.4 is 14.8 Å². The molecule has 0 unspecified atom stereocenters. The molecule has 182 valence electrons. The van der Waals surface area contributed by atoms with Gasteiger partial charge in [0.25, 0.3) is 0 Å². The third kappa shape index (κ3) is 7.02. The predicted molar refractivity (Wildman–Crippen MR) is 138 cm³/mol. The topological polar surface area (TPSA) is 83.8 Å². The highest BCUT2D eigenvalue weighted by molar-refractivity contribution is 5.84. The average Bonchev–Trinajstić information content (AvgIpc) is 2.86. The van der Waals surface area contributed by atoms with Crippen LogP contribution in [0.2, 0.25) is 0 Å². The second-order valence-electron chi connectivity index (χ2n) is 9.17. The Labute approximate surface area is 206 Å². The summed E-state index contributed by atoms with van der Waals surface area (Å²) in [5, 5.41) is 25.3. The number of hydrogen-bond acceptors (Lipinski definition) is 6. The Balaban J connectivity index is 1.34. The van der Waals surface area contributed by atoms with Gasteiger partial charge in [0.2, 0.25) is 0 Å². The predicted octanol–water partition coefficient (Wildman–Crippen LogP) is 4.74. The summed E-state index contributed by atoms with van der Waals surface area (Å²) in [5.74, 6) is 2.20. The first-order valence-corrected chi connectivity index (χ1v) is 11.8. The fraction of sp³-hybridized carbons (Fsp3) is 0.276. The van der Waals surface area contributed by atoms with Gasteiger partial charge in [-0.25, -0.2) is 0 Å². The van der Waals surface area contributed by atoms with Crippen molar-refractivity contribution >= 4 is 10.9 Å². The number of hydrogen-bond donors (Lipinski definition) is 3. The monoisotopic (exact) mass is 472 g/mol. The molecule has 0 saturated heterocycles. The van der Waals surface area contributed by atoms with Crippen LogP contribution in [0, 0.1) is 0 Å². The van der Waals surface area contributed by atoms with E-state index in [1.54, 1.807) is 20.0 Å². The van der Waals surface area contributed by atoms with Gasteiger partial charge in [-0.1, -0.05) is 42.5 Å². The lowest BCUT2D eigenvalue weighted by Gasteiger charge is -2.31. The largest absolute Gasteiger partial charge is 0.491 e. The van der Waals surface area contributed by atoms with Crippen LogP contribution in [0.1, 0.15) is 19.4 Å². The number of para-hydroxylation sites is 2. The smallest absolute Gasteiger partial charge is 0.138 e. The fourth-order valence-corrected chi connectivity index (χ4v) is 3.83. The molecule has 3 aromatic carbocycles. The van der Waals surface area contributed by atoms with Crippen molar-refractivity contribution in [2.45, 2.75) is 38.0 Å². The third-order valence-electron chi connectivity index (χ3n) is 5.84. The Morgan fingerprint density at radius 1 is 0.886 bits per heavy atom. The number of ether oxygens (including phenoxy) is 2. The molecule has 0 aliphatic carbocycles. The second-order valence-corrected chi connectivity index (χ2v) is 9.17. The molecule has 1 aromatic heterocycles. The Bertz CT molecular complexity index is 1200. The number of rotatable bonds is 11. The third-order valence-corrected chi connectivity index (χ3v) is 5.84. The lowest BCUT2D eigenvalue weighted by Crippen LogP contribution is -2.50. The number of aromatic nitrogens is 1. The fourth-order valence-electron chi connectivity index (χ4n) is 3.83. The quantitative estimate of drug-likeness (QED) is 0.293. The molecule has 35 heavy (non-hydrogen) atoms. The molecule has 3 N–H and O–H groups in total. The van der Waals surface area contributed by atoms with Crippen molar-refractivity contribution < 1.29 is 19.7 Å². The van der Waals surface area contributed by atoms with E-state index in [1.165, 1.54) is 0 Å². The van der Waals surface area contributed by atoms with Gasteiger partial charge in [-0.05, 0) is 68.3 Å². The van der Waals surface area contributed by atoms with Crippen LogP contribution in [0.5, 0.6) is 17.2 Å². The number of nitrogens with zero attached hydrogens (tertiary/aromatic N) is 1. The van der Waals surface area contributed by atoms with Gasteiger partial charge in [0.1, 0.15) is 30.0 Å². The lowest BCUT2D eigenvalue weighted by molar-refractivity contribution is 0.0281. The van der Waals surface area contributed by atoms with E-state index in [0.29, 0.717) is 18.7 Å². The highest BCUT2D eigenvalue weighted by Crippen LogP contribution is 2.29. The molecular weight excluding hydrogens is 440 g/mol. The van der Waals surface area contributed by atoms with Crippen molar-refractivity contribution in [2.75, 3.05) is 13.2 Å². The zero-order chi connectivity index (χ0) is 24.7. The number of pyridine rings is 1. The van der Waals surface area contributed by atoms with Gasteiger partial charge < -0.3 is 25.0 Å². The summed E-state index contributed by atoms with van der Waals surface area (Å²) in [7, 11) is 0. The summed E-state index contributed by atoms with van der Waals surface area (Å²) >= 11 is 0. The molecule has 1 heterocycles. The zero-order valence-corrected chi connectivity index (χ0v) is 20.1. The normalized spacial score (nSPS) is 13.4. The summed E-state index contributed by atoms with van der Waals surface area (Å²) < 4.78 is 11.7. The van der Waals surface area contributed by atoms with Crippen molar-refractivity contribution in [2.24, 2.45) is 0 Å². The molecule has 4 aromatic rings. The number of aliphatic hydroxyl groups is 2. The van der Waals surface area contributed by atoms with E-state index >= 15 is 0 Å². The van der Waals surface area contributed by atoms with Crippen LogP contribution in [0.4, 0.5) is 0 Å². The molecule has 6 heteroatoms. The van der Waals surface area contributed by atoms with Gasteiger partial charge in [-0.15, -0.1) is 0 Å². The molecule has 0 aliphatic rings. The first-order chi connectivity index (χ1) is 16.9. The second kappa shape index (κ2) is 11.3. The molecule has 0 amide bonds. The van der Waals surface area contributed by atoms with E-state index < -0.39 is 11.7 Å². The molecule has 0 spiro atoms. The van der Waals surface area contributed by atoms with E-state index in [-0.39, 0.29) is 12.6 Å². The number of nitrogens with one attached hydrogen (secondary N) is 1. The maximum absolute atomic E-state index is 10.7. The van der Waals surface area contributed by atoms with Crippen molar-refractivity contribution in [3.8, 4) is 17.2 Å². The summed E-state index contributed by atoms with van der Waals surface area (Å²) in [6.45, 7) is 4.01. The molecule has 0 saturated carbocycles. The molecular formula is C29H32N2O4. The Morgan fingerprint density at radius 2 is 1.60 bits per heavy atom. The van der Waals surface area contributed by atoms with E-state index in [1.807, 2.05) is 84.9 Å². The van der Waals surface area contributed by atoms with Gasteiger partial charge in [-0.2, -0.15) is 0 Å². The van der Waals surface area contributed by atoms with Gasteiger partial charge in [-0.3, -0.25) is 4.98 Å². The van der Waals surface area contributed by atoms with Gasteiger partial charge in [0.05, 0.1) is 11.1 Å². The van der Waals surface area contributed by atoms with E-state index in [9.17, 15) is 10.2 Å². The Hall–Kier alpha value is -3.45. The van der Waals surface area contributed by atoms with Crippen LogP contribution in [0.25, 0.3) is 10.9 Å². The first-order valence-electron chi connectivity index (χ1n) is 11.8. The molecule has 0 radical (unpaired) electrons. The summed E-state index contributed by atoms with van der Waals surface area (Å²) in [6, 6.07) is 26.7. The SMILES string of the molecule is CC(C)(O)[C@H](Cc1ccc(Oc2ccnc3ccccc23)cc1)NC[C@H](O)COc1ccccc1. The Morgan fingerprint density at radius 3 is 2.34 bits per heavy atom. The highest BCUT2D eigenvalue weighted by Gasteiger charge is 2.27. The van der Waals surface area contributed by atoms with E-state index in [0.717, 1.165) is 28.0 Å². The lowest BCUT2D eigenvalue weighted by atomic mass is 9.92. The highest BCUT2D eigenvalue weighted by atomic mass is 16.5. The number of aliphatic hydroxyl groups excluding tert-OH is 1. The minimum Gasteiger partial charge on any atom is -0.491 e. The van der Waals surface area contributed by atoms with Gasteiger partial charge in [0, 0.05) is 24.2 Å². The standard InChI is InChI=1S/C29H32N2O4/c1-29(2,33)28(31-19-22(32)20-34-23-8-4-3-5-9-23)18-21-12-14-24(15-13-21)35-27-16-17-30-26-11-7-6-10-25(26)27/h3-17,22,28,31-33H,18-20H2,1-2H3/t22-,28-/m0/s1. The van der Waals surface area contributed by atoms with Crippen LogP contribution in [0.3, 0.4) is 0 Å². The molecule has 4 rings (SSSR count). The number of fused-ring (bicyclic) bond motifs is 1. The molecule has 0 fully saturated rings. The van der Waals surface area contributed by atoms with Crippen molar-refractivity contribution in [3.63, 3.8) is 0 Å². The summed E-state index contributed by atoms with van der Waals surface area (Å²) in [6.07, 6.45) is 1.63. The maximum Gasteiger partial charge on any atom is 0.138 e. The van der Waals surface area contributed by atoms with Gasteiger partial charge in [0.15, 0.2) is 0 Å². The van der Waals surface area contributed by atoms with Crippen molar-refractivity contribution in [1.82, 2.24) is 10.3 Å². The Kier molecular flexibility index (Phi) is 7.98. The van der Waals surface area contributed by atoms with E-state index in [4.69, 9.17) is 9.47 Å². The number of benzene rings is 3.